The normalized spacial score (nSPS) is 15.5. The molecule has 8 nitrogen and oxygen atoms in total. The number of esters is 1. The fourth-order valence-electron chi connectivity index (χ4n) is 4.31. The first-order valence-corrected chi connectivity index (χ1v) is 12.8. The van der Waals surface area contributed by atoms with Crippen molar-refractivity contribution in [3.05, 3.63) is 78.0 Å². The zero-order valence-corrected chi connectivity index (χ0v) is 22.3. The first-order valence-electron chi connectivity index (χ1n) is 12.8. The smallest absolute Gasteiger partial charge is 0.410 e. The van der Waals surface area contributed by atoms with E-state index >= 15 is 0 Å². The summed E-state index contributed by atoms with van der Waals surface area (Å²) in [7, 11) is 1.33. The Morgan fingerprint density at radius 3 is 2.29 bits per heavy atom. The number of nitrogens with zero attached hydrogens (tertiary/aromatic N) is 2. The number of ether oxygens (including phenoxy) is 4. The number of benzene rings is 2. The second-order valence-electron chi connectivity index (χ2n) is 10.3. The Morgan fingerprint density at radius 2 is 1.63 bits per heavy atom. The Morgan fingerprint density at radius 1 is 0.974 bits per heavy atom. The van der Waals surface area contributed by atoms with E-state index in [0.29, 0.717) is 31.0 Å². The highest BCUT2D eigenvalue weighted by Gasteiger charge is 2.28. The zero-order chi connectivity index (χ0) is 27.1. The minimum Gasteiger partial charge on any atom is -0.465 e. The number of aromatic nitrogens is 1. The quantitative estimate of drug-likeness (QED) is 0.324. The molecule has 1 atom stereocenters. The minimum atomic E-state index is -0.533. The van der Waals surface area contributed by atoms with Crippen molar-refractivity contribution in [1.29, 1.82) is 0 Å². The van der Waals surface area contributed by atoms with Crippen LogP contribution in [0.15, 0.2) is 66.9 Å². The van der Waals surface area contributed by atoms with Gasteiger partial charge in [-0.25, -0.2) is 14.6 Å². The molecular formula is C30H34N2O6. The van der Waals surface area contributed by atoms with Crippen molar-refractivity contribution in [2.24, 2.45) is 5.92 Å². The molecule has 1 aromatic heterocycles. The molecule has 2 heterocycles. The van der Waals surface area contributed by atoms with Gasteiger partial charge in [0.15, 0.2) is 0 Å². The summed E-state index contributed by atoms with van der Waals surface area (Å²) >= 11 is 0. The van der Waals surface area contributed by atoms with Gasteiger partial charge in [0.25, 0.3) is 0 Å². The molecule has 1 aliphatic rings. The maximum absolute atomic E-state index is 12.6. The highest BCUT2D eigenvalue weighted by atomic mass is 16.6. The molecule has 0 bridgehead atoms. The number of carbonyl (C=O) groups is 2. The molecule has 0 aliphatic carbocycles. The summed E-state index contributed by atoms with van der Waals surface area (Å²) in [6, 6.07) is 18.3. The molecule has 1 aliphatic heterocycles. The van der Waals surface area contributed by atoms with Crippen LogP contribution in [-0.4, -0.2) is 47.7 Å². The number of methoxy groups -OCH3 is 1. The lowest BCUT2D eigenvalue weighted by Crippen LogP contribution is -2.43. The predicted molar refractivity (Wildman–Crippen MR) is 143 cm³/mol. The number of hydrogen-bond acceptors (Lipinski definition) is 7. The zero-order valence-electron chi connectivity index (χ0n) is 22.3. The van der Waals surface area contributed by atoms with E-state index in [4.69, 9.17) is 18.9 Å². The monoisotopic (exact) mass is 518 g/mol. The van der Waals surface area contributed by atoms with E-state index in [0.717, 1.165) is 24.2 Å². The molecule has 8 heteroatoms. The minimum absolute atomic E-state index is 0.163. The second-order valence-corrected chi connectivity index (χ2v) is 10.3. The molecular weight excluding hydrogens is 484 g/mol. The van der Waals surface area contributed by atoms with Gasteiger partial charge in [0.05, 0.1) is 7.11 Å². The van der Waals surface area contributed by atoms with Crippen LogP contribution in [0.1, 0.15) is 49.5 Å². The van der Waals surface area contributed by atoms with Crippen molar-refractivity contribution in [3.63, 3.8) is 0 Å². The summed E-state index contributed by atoms with van der Waals surface area (Å²) in [4.78, 5) is 31.3. The Bertz CT molecular complexity index is 1240. The molecule has 0 radical (unpaired) electrons. The summed E-state index contributed by atoms with van der Waals surface area (Å²) in [5, 5.41) is 0. The van der Waals surface area contributed by atoms with Gasteiger partial charge in [0.1, 0.15) is 28.4 Å². The molecule has 1 saturated heterocycles. The van der Waals surface area contributed by atoms with Crippen LogP contribution in [0.3, 0.4) is 0 Å². The lowest BCUT2D eigenvalue weighted by Gasteiger charge is -2.34. The van der Waals surface area contributed by atoms with E-state index in [2.05, 4.69) is 4.98 Å². The molecule has 2 aromatic carbocycles. The average molecular weight is 519 g/mol. The van der Waals surface area contributed by atoms with Gasteiger partial charge in [-0.3, -0.25) is 0 Å². The molecule has 200 valence electrons. The standard InChI is InChI=1S/C30H34N2O6/c1-30(2,3)38-29(34)32-16-8-9-21(20-32)17-22-18-26(28(33)35-4)27(31-19-22)37-25-14-12-24(13-15-25)36-23-10-6-5-7-11-23/h5-7,10-15,18-19,21H,8-9,16-17,20H2,1-4H3. The number of piperidine rings is 1. The first kappa shape index (κ1) is 27.0. The van der Waals surface area contributed by atoms with Crippen molar-refractivity contribution in [2.75, 3.05) is 20.2 Å². The van der Waals surface area contributed by atoms with Crippen molar-refractivity contribution < 1.29 is 28.5 Å². The molecule has 1 fully saturated rings. The highest BCUT2D eigenvalue weighted by Crippen LogP contribution is 2.29. The van der Waals surface area contributed by atoms with Gasteiger partial charge in [0.2, 0.25) is 5.88 Å². The maximum atomic E-state index is 12.6. The fraction of sp³-hybridized carbons (Fsp3) is 0.367. The van der Waals surface area contributed by atoms with E-state index in [1.807, 2.05) is 51.1 Å². The van der Waals surface area contributed by atoms with Gasteiger partial charge in [-0.1, -0.05) is 18.2 Å². The SMILES string of the molecule is COC(=O)c1cc(CC2CCCN(C(=O)OC(C)(C)C)C2)cnc1Oc1ccc(Oc2ccccc2)cc1. The third kappa shape index (κ3) is 7.47. The molecule has 4 rings (SSSR count). The van der Waals surface area contributed by atoms with Crippen LogP contribution in [0.2, 0.25) is 0 Å². The van der Waals surface area contributed by atoms with E-state index in [1.54, 1.807) is 41.4 Å². The van der Waals surface area contributed by atoms with Crippen molar-refractivity contribution in [1.82, 2.24) is 9.88 Å². The number of amides is 1. The molecule has 0 N–H and O–H groups in total. The van der Waals surface area contributed by atoms with Crippen LogP contribution in [0, 0.1) is 5.92 Å². The third-order valence-corrected chi connectivity index (χ3v) is 6.03. The van der Waals surface area contributed by atoms with Crippen LogP contribution in [0.25, 0.3) is 0 Å². The summed E-state index contributed by atoms with van der Waals surface area (Å²) in [5.74, 6) is 1.77. The number of para-hydroxylation sites is 1. The third-order valence-electron chi connectivity index (χ3n) is 6.03. The van der Waals surface area contributed by atoms with Crippen LogP contribution < -0.4 is 9.47 Å². The summed E-state index contributed by atoms with van der Waals surface area (Å²) in [6.45, 7) is 6.87. The van der Waals surface area contributed by atoms with Crippen LogP contribution in [-0.2, 0) is 15.9 Å². The van der Waals surface area contributed by atoms with E-state index in [1.165, 1.54) is 7.11 Å². The predicted octanol–water partition coefficient (Wildman–Crippen LogP) is 6.64. The molecule has 0 spiro atoms. The maximum Gasteiger partial charge on any atom is 0.410 e. The average Bonchev–Trinajstić information content (AvgIpc) is 2.90. The van der Waals surface area contributed by atoms with Gasteiger partial charge in [0, 0.05) is 19.3 Å². The lowest BCUT2D eigenvalue weighted by atomic mass is 9.91. The van der Waals surface area contributed by atoms with Gasteiger partial charge in [-0.2, -0.15) is 0 Å². The lowest BCUT2D eigenvalue weighted by molar-refractivity contribution is 0.0166. The Hall–Kier alpha value is -4.07. The van der Waals surface area contributed by atoms with Crippen molar-refractivity contribution >= 4 is 12.1 Å². The summed E-state index contributed by atoms with van der Waals surface area (Å²) < 4.78 is 22.3. The molecule has 3 aromatic rings. The second kappa shape index (κ2) is 12.0. The largest absolute Gasteiger partial charge is 0.465 e. The fourth-order valence-corrected chi connectivity index (χ4v) is 4.31. The Labute approximate surface area is 223 Å². The number of rotatable bonds is 7. The van der Waals surface area contributed by atoms with Crippen LogP contribution >= 0.6 is 0 Å². The van der Waals surface area contributed by atoms with Crippen LogP contribution in [0.4, 0.5) is 4.79 Å². The van der Waals surface area contributed by atoms with Gasteiger partial charge >= 0.3 is 12.1 Å². The molecule has 1 unspecified atom stereocenters. The molecule has 1 amide bonds. The topological polar surface area (TPSA) is 87.2 Å². The summed E-state index contributed by atoms with van der Waals surface area (Å²) in [6.07, 6.45) is 3.96. The number of likely N-dealkylation sites (tertiary alicyclic amines) is 1. The van der Waals surface area contributed by atoms with Crippen molar-refractivity contribution in [3.8, 4) is 23.1 Å². The van der Waals surface area contributed by atoms with E-state index in [-0.39, 0.29) is 23.5 Å². The summed E-state index contributed by atoms with van der Waals surface area (Å²) in [5.41, 5.74) is 0.587. The van der Waals surface area contributed by atoms with Gasteiger partial charge in [-0.15, -0.1) is 0 Å². The number of pyridine rings is 1. The highest BCUT2D eigenvalue weighted by molar-refractivity contribution is 5.92. The number of hydrogen-bond donors (Lipinski definition) is 0. The Kier molecular flexibility index (Phi) is 8.51. The number of carbonyl (C=O) groups excluding carboxylic acids is 2. The van der Waals surface area contributed by atoms with Crippen LogP contribution in [0.5, 0.6) is 23.1 Å². The molecule has 38 heavy (non-hydrogen) atoms. The van der Waals surface area contributed by atoms with E-state index < -0.39 is 11.6 Å². The van der Waals surface area contributed by atoms with Crippen molar-refractivity contribution in [2.45, 2.75) is 45.6 Å². The molecule has 0 saturated carbocycles. The van der Waals surface area contributed by atoms with Gasteiger partial charge < -0.3 is 23.8 Å². The van der Waals surface area contributed by atoms with Gasteiger partial charge in [-0.05, 0) is 94.0 Å². The van der Waals surface area contributed by atoms with E-state index in [9.17, 15) is 9.59 Å². The Balaban J connectivity index is 1.43. The first-order chi connectivity index (χ1) is 18.2.